The summed E-state index contributed by atoms with van der Waals surface area (Å²) in [6, 6.07) is 0. The predicted molar refractivity (Wildman–Crippen MR) is 46.0 cm³/mol. The van der Waals surface area contributed by atoms with E-state index in [0.717, 1.165) is 0 Å². The molecule has 0 fully saturated rings. The summed E-state index contributed by atoms with van der Waals surface area (Å²) in [6.07, 6.45) is 1.45. The van der Waals surface area contributed by atoms with Crippen molar-refractivity contribution in [1.29, 1.82) is 0 Å². The second-order valence-electron chi connectivity index (χ2n) is 2.58. The van der Waals surface area contributed by atoms with Crippen LogP contribution in [0.15, 0.2) is 6.20 Å². The van der Waals surface area contributed by atoms with Gasteiger partial charge >= 0.3 is 0 Å². The maximum absolute atomic E-state index is 11.3. The maximum Gasteiger partial charge on any atom is 0.284 e. The first-order valence-corrected chi connectivity index (χ1v) is 4.17. The zero-order chi connectivity index (χ0) is 9.42. The number of aromatic nitrogens is 4. The van der Waals surface area contributed by atoms with Crippen molar-refractivity contribution in [1.82, 2.24) is 19.7 Å². The molecule has 0 N–H and O–H groups in total. The molecule has 0 saturated carbocycles. The van der Waals surface area contributed by atoms with E-state index in [0.29, 0.717) is 16.9 Å². The van der Waals surface area contributed by atoms with Crippen LogP contribution in [0.2, 0.25) is 0 Å². The molecule has 0 saturated heterocycles. The molecule has 2 rings (SSSR count). The summed E-state index contributed by atoms with van der Waals surface area (Å²) in [6.45, 7) is 0. The highest BCUT2D eigenvalue weighted by Gasteiger charge is 2.10. The molecular formula is C7H6ClN4O. The standard InChI is InChI=1S/C7H6ClN4O/c1-12-6-4(3-9-12)7(13)11-5(2-8)10-6/h3H,2H2,1H3. The molecule has 0 aromatic carbocycles. The lowest BCUT2D eigenvalue weighted by Crippen LogP contribution is -1.96. The minimum absolute atomic E-state index is 0.135. The molecule has 0 spiro atoms. The Hall–Kier alpha value is -1.36. The molecule has 0 bridgehead atoms. The van der Waals surface area contributed by atoms with E-state index in [2.05, 4.69) is 15.1 Å². The van der Waals surface area contributed by atoms with Crippen LogP contribution in [0.4, 0.5) is 0 Å². The molecular weight excluding hydrogens is 192 g/mol. The summed E-state index contributed by atoms with van der Waals surface area (Å²) in [4.78, 5) is 7.75. The summed E-state index contributed by atoms with van der Waals surface area (Å²) in [5.74, 6) is 0.146. The number of halogens is 1. The predicted octanol–water partition coefficient (Wildman–Crippen LogP) is 1.25. The highest BCUT2D eigenvalue weighted by atomic mass is 35.5. The van der Waals surface area contributed by atoms with Crippen molar-refractivity contribution < 1.29 is 5.11 Å². The van der Waals surface area contributed by atoms with E-state index in [1.54, 1.807) is 7.05 Å². The number of fused-ring (bicyclic) bond motifs is 1. The molecule has 0 unspecified atom stereocenters. The first-order chi connectivity index (χ1) is 6.22. The number of aryl methyl sites for hydroxylation is 1. The van der Waals surface area contributed by atoms with Crippen LogP contribution in [0.5, 0.6) is 5.88 Å². The van der Waals surface area contributed by atoms with Gasteiger partial charge in [-0.3, -0.25) is 9.79 Å². The molecule has 1 radical (unpaired) electrons. The molecule has 13 heavy (non-hydrogen) atoms. The molecule has 5 nitrogen and oxygen atoms in total. The van der Waals surface area contributed by atoms with Gasteiger partial charge in [0.15, 0.2) is 5.65 Å². The maximum atomic E-state index is 11.3. The van der Waals surface area contributed by atoms with Crippen LogP contribution in [0.1, 0.15) is 5.82 Å². The highest BCUT2D eigenvalue weighted by Crippen LogP contribution is 2.20. The number of rotatable bonds is 1. The van der Waals surface area contributed by atoms with Gasteiger partial charge in [-0.05, 0) is 0 Å². The molecule has 2 aromatic rings. The zero-order valence-corrected chi connectivity index (χ0v) is 7.62. The molecule has 2 heterocycles. The van der Waals surface area contributed by atoms with Gasteiger partial charge in [0.2, 0.25) is 0 Å². The Morgan fingerprint density at radius 2 is 2.31 bits per heavy atom. The number of hydrogen-bond donors (Lipinski definition) is 0. The largest absolute Gasteiger partial charge is 0.284 e. The summed E-state index contributed by atoms with van der Waals surface area (Å²) >= 11 is 5.53. The van der Waals surface area contributed by atoms with Crippen LogP contribution in [0.3, 0.4) is 0 Å². The van der Waals surface area contributed by atoms with Crippen LogP contribution in [0.25, 0.3) is 11.0 Å². The van der Waals surface area contributed by atoms with Gasteiger partial charge in [-0.15, -0.1) is 11.6 Å². The van der Waals surface area contributed by atoms with Crippen molar-refractivity contribution in [2.45, 2.75) is 5.88 Å². The Morgan fingerprint density at radius 1 is 1.54 bits per heavy atom. The first kappa shape index (κ1) is 8.25. The lowest BCUT2D eigenvalue weighted by molar-refractivity contribution is 0.341. The number of nitrogens with zero attached hydrogens (tertiary/aromatic N) is 4. The Kier molecular flexibility index (Phi) is 1.81. The monoisotopic (exact) mass is 197 g/mol. The SMILES string of the molecule is Cn1ncc2c([O])nc(CCl)nc21. The van der Waals surface area contributed by atoms with E-state index in [1.165, 1.54) is 10.9 Å². The van der Waals surface area contributed by atoms with E-state index in [1.807, 2.05) is 0 Å². The van der Waals surface area contributed by atoms with Crippen molar-refractivity contribution in [2.24, 2.45) is 7.05 Å². The molecule has 67 valence electrons. The summed E-state index contributed by atoms with van der Waals surface area (Å²) in [5.41, 5.74) is 0.524. The fourth-order valence-corrected chi connectivity index (χ4v) is 1.22. The van der Waals surface area contributed by atoms with E-state index in [-0.39, 0.29) is 11.8 Å². The van der Waals surface area contributed by atoms with Crippen molar-refractivity contribution >= 4 is 22.6 Å². The molecule has 0 aliphatic carbocycles. The van der Waals surface area contributed by atoms with Gasteiger partial charge in [-0.25, -0.2) is 4.98 Å². The Labute approximate surface area is 79.0 Å². The summed E-state index contributed by atoms with van der Waals surface area (Å²) in [5, 5.41) is 15.6. The molecule has 0 atom stereocenters. The van der Waals surface area contributed by atoms with Gasteiger partial charge in [-0.2, -0.15) is 10.1 Å². The molecule has 6 heteroatoms. The third-order valence-corrected chi connectivity index (χ3v) is 1.96. The van der Waals surface area contributed by atoms with Gasteiger partial charge in [0.1, 0.15) is 11.2 Å². The molecule has 0 amide bonds. The average molecular weight is 198 g/mol. The van der Waals surface area contributed by atoms with E-state index in [9.17, 15) is 5.11 Å². The highest BCUT2D eigenvalue weighted by molar-refractivity contribution is 6.16. The normalized spacial score (nSPS) is 10.9. The molecule has 0 aliphatic heterocycles. The van der Waals surface area contributed by atoms with Crippen LogP contribution in [-0.4, -0.2) is 19.7 Å². The number of hydrogen-bond acceptors (Lipinski definition) is 3. The van der Waals surface area contributed by atoms with Crippen molar-refractivity contribution in [2.75, 3.05) is 0 Å². The fourth-order valence-electron chi connectivity index (χ4n) is 1.10. The van der Waals surface area contributed by atoms with Crippen LogP contribution in [0, 0.1) is 0 Å². The smallest absolute Gasteiger partial charge is 0.266 e. The first-order valence-electron chi connectivity index (χ1n) is 3.64. The topological polar surface area (TPSA) is 63.5 Å². The zero-order valence-electron chi connectivity index (χ0n) is 6.86. The van der Waals surface area contributed by atoms with Gasteiger partial charge < -0.3 is 0 Å². The molecule has 2 aromatic heterocycles. The third-order valence-electron chi connectivity index (χ3n) is 1.72. The van der Waals surface area contributed by atoms with E-state index < -0.39 is 0 Å². The lowest BCUT2D eigenvalue weighted by Gasteiger charge is -1.96. The minimum atomic E-state index is -0.325. The summed E-state index contributed by atoms with van der Waals surface area (Å²) in [7, 11) is 1.72. The Balaban J connectivity index is 2.80. The van der Waals surface area contributed by atoms with Crippen LogP contribution in [-0.2, 0) is 18.0 Å². The van der Waals surface area contributed by atoms with Crippen molar-refractivity contribution in [3.8, 4) is 5.88 Å². The Morgan fingerprint density at radius 3 is 3.00 bits per heavy atom. The Bertz CT molecular complexity index is 453. The van der Waals surface area contributed by atoms with Gasteiger partial charge in [0.25, 0.3) is 5.88 Å². The second kappa shape index (κ2) is 2.85. The minimum Gasteiger partial charge on any atom is -0.266 e. The summed E-state index contributed by atoms with van der Waals surface area (Å²) < 4.78 is 1.52. The molecule has 0 aliphatic rings. The van der Waals surface area contributed by atoms with Crippen molar-refractivity contribution in [3.63, 3.8) is 0 Å². The van der Waals surface area contributed by atoms with Gasteiger partial charge in [0.05, 0.1) is 12.1 Å². The van der Waals surface area contributed by atoms with Crippen molar-refractivity contribution in [3.05, 3.63) is 12.0 Å². The van der Waals surface area contributed by atoms with Gasteiger partial charge in [-0.1, -0.05) is 0 Å². The van der Waals surface area contributed by atoms with Crippen LogP contribution < -0.4 is 0 Å². The van der Waals surface area contributed by atoms with E-state index >= 15 is 0 Å². The quantitative estimate of drug-likeness (QED) is 0.647. The fraction of sp³-hybridized carbons (Fsp3) is 0.286. The van der Waals surface area contributed by atoms with E-state index in [4.69, 9.17) is 11.6 Å². The van der Waals surface area contributed by atoms with Crippen LogP contribution >= 0.6 is 11.6 Å². The number of alkyl halides is 1. The van der Waals surface area contributed by atoms with Gasteiger partial charge in [0, 0.05) is 7.05 Å². The lowest BCUT2D eigenvalue weighted by atomic mass is 10.4. The average Bonchev–Trinajstić information content (AvgIpc) is 2.48. The second-order valence-corrected chi connectivity index (χ2v) is 2.85. The third kappa shape index (κ3) is 1.21.